The highest BCUT2D eigenvalue weighted by Gasteiger charge is 2.40. The highest BCUT2D eigenvalue weighted by Crippen LogP contribution is 2.33. The lowest BCUT2D eigenvalue weighted by molar-refractivity contribution is 0.122. The molecule has 25 heavy (non-hydrogen) atoms. The SMILES string of the molecule is CC[Si](CC)(CC)N(CCCC[Si](OC)(OC)OC)C1CCCCC1. The molecule has 0 heterocycles. The smallest absolute Gasteiger partial charge is 0.377 e. The van der Waals surface area contributed by atoms with Gasteiger partial charge in [-0.15, -0.1) is 0 Å². The summed E-state index contributed by atoms with van der Waals surface area (Å²) in [5, 5.41) is 0. The second-order valence-electron chi connectivity index (χ2n) is 7.52. The van der Waals surface area contributed by atoms with Gasteiger partial charge in [0.2, 0.25) is 0 Å². The first-order valence-corrected chi connectivity index (χ1v) is 15.0. The van der Waals surface area contributed by atoms with E-state index < -0.39 is 17.0 Å². The Kier molecular flexibility index (Phi) is 11.1. The number of rotatable bonds is 13. The third-order valence-corrected chi connectivity index (χ3v) is 15.3. The van der Waals surface area contributed by atoms with Crippen molar-refractivity contribution in [3.63, 3.8) is 0 Å². The zero-order chi connectivity index (χ0) is 18.8. The second-order valence-corrected chi connectivity index (χ2v) is 15.8. The summed E-state index contributed by atoms with van der Waals surface area (Å²) in [6, 6.07) is 5.94. The molecule has 0 aromatic rings. The Morgan fingerprint density at radius 3 is 1.76 bits per heavy atom. The maximum Gasteiger partial charge on any atom is 0.500 e. The van der Waals surface area contributed by atoms with Gasteiger partial charge in [0.1, 0.15) is 8.24 Å². The van der Waals surface area contributed by atoms with E-state index in [9.17, 15) is 0 Å². The maximum absolute atomic E-state index is 5.58. The second kappa shape index (κ2) is 11.9. The van der Waals surface area contributed by atoms with E-state index in [1.807, 2.05) is 0 Å². The molecule has 4 nitrogen and oxygen atoms in total. The van der Waals surface area contributed by atoms with E-state index in [0.29, 0.717) is 0 Å². The van der Waals surface area contributed by atoms with Crippen LogP contribution in [-0.4, -0.2) is 55.5 Å². The number of hydrogen-bond donors (Lipinski definition) is 0. The average Bonchev–Trinajstić information content (AvgIpc) is 2.69. The van der Waals surface area contributed by atoms with Gasteiger partial charge in [-0.3, -0.25) is 0 Å². The van der Waals surface area contributed by atoms with Crippen LogP contribution in [0, 0.1) is 0 Å². The fraction of sp³-hybridized carbons (Fsp3) is 1.00. The Morgan fingerprint density at radius 1 is 0.800 bits per heavy atom. The van der Waals surface area contributed by atoms with E-state index in [1.54, 1.807) is 21.3 Å². The molecule has 1 rings (SSSR count). The molecule has 0 N–H and O–H groups in total. The Hall–Kier alpha value is 0.274. The highest BCUT2D eigenvalue weighted by atomic mass is 28.4. The molecule has 0 aromatic heterocycles. The standard InChI is InChI=1S/C19H43NO3Si2/c1-7-24(8-2,9-3)20(19-15-11-10-12-16-19)17-13-14-18-25(21-4,22-5)23-6/h19H,7-18H2,1-6H3. The van der Waals surface area contributed by atoms with E-state index in [0.717, 1.165) is 18.5 Å². The van der Waals surface area contributed by atoms with E-state index >= 15 is 0 Å². The number of nitrogens with zero attached hydrogens (tertiary/aromatic N) is 1. The fourth-order valence-corrected chi connectivity index (χ4v) is 10.9. The van der Waals surface area contributed by atoms with Crippen molar-refractivity contribution in [2.75, 3.05) is 27.9 Å². The molecule has 0 spiro atoms. The van der Waals surface area contributed by atoms with Crippen LogP contribution in [-0.2, 0) is 13.3 Å². The Bertz CT molecular complexity index is 327. The molecule has 0 atom stereocenters. The van der Waals surface area contributed by atoms with Gasteiger partial charge in [0.25, 0.3) is 0 Å². The topological polar surface area (TPSA) is 30.9 Å². The van der Waals surface area contributed by atoms with Gasteiger partial charge in [-0.2, -0.15) is 0 Å². The molecule has 0 saturated heterocycles. The third kappa shape index (κ3) is 6.14. The zero-order valence-electron chi connectivity index (χ0n) is 17.7. The first-order valence-electron chi connectivity index (χ1n) is 10.5. The van der Waals surface area contributed by atoms with Gasteiger partial charge in [-0.05, 0) is 50.4 Å². The number of hydrogen-bond acceptors (Lipinski definition) is 4. The van der Waals surface area contributed by atoms with Crippen LogP contribution in [0.15, 0.2) is 0 Å². The van der Waals surface area contributed by atoms with Crippen molar-refractivity contribution in [1.82, 2.24) is 4.57 Å². The van der Waals surface area contributed by atoms with Gasteiger partial charge < -0.3 is 17.8 Å². The van der Waals surface area contributed by atoms with Gasteiger partial charge in [0.15, 0.2) is 0 Å². The molecular weight excluding hydrogens is 346 g/mol. The lowest BCUT2D eigenvalue weighted by Crippen LogP contribution is -2.57. The minimum atomic E-state index is -2.41. The van der Waals surface area contributed by atoms with Gasteiger partial charge in [0.05, 0.1) is 0 Å². The van der Waals surface area contributed by atoms with Gasteiger partial charge >= 0.3 is 8.80 Å². The lowest BCUT2D eigenvalue weighted by atomic mass is 9.95. The minimum Gasteiger partial charge on any atom is -0.377 e. The van der Waals surface area contributed by atoms with Crippen LogP contribution >= 0.6 is 0 Å². The Morgan fingerprint density at radius 2 is 1.32 bits per heavy atom. The van der Waals surface area contributed by atoms with Crippen molar-refractivity contribution in [1.29, 1.82) is 0 Å². The van der Waals surface area contributed by atoms with Crippen molar-refractivity contribution in [2.24, 2.45) is 0 Å². The largest absolute Gasteiger partial charge is 0.500 e. The third-order valence-electron chi connectivity index (χ3n) is 6.66. The van der Waals surface area contributed by atoms with E-state index in [4.69, 9.17) is 13.3 Å². The lowest BCUT2D eigenvalue weighted by Gasteiger charge is -2.47. The Labute approximate surface area is 159 Å². The van der Waals surface area contributed by atoms with Crippen molar-refractivity contribution in [2.45, 2.75) is 95.9 Å². The summed E-state index contributed by atoms with van der Waals surface area (Å²) in [7, 11) is 1.45. The molecule has 0 radical (unpaired) electrons. The molecule has 0 amide bonds. The van der Waals surface area contributed by atoms with Crippen molar-refractivity contribution in [3.8, 4) is 0 Å². The number of unbranched alkanes of at least 4 members (excludes halogenated alkanes) is 1. The monoisotopic (exact) mass is 389 g/mol. The van der Waals surface area contributed by atoms with Crippen molar-refractivity contribution >= 4 is 17.0 Å². The normalized spacial score (nSPS) is 17.4. The summed E-state index contributed by atoms with van der Waals surface area (Å²) < 4.78 is 19.8. The molecule has 0 aliphatic heterocycles. The summed E-state index contributed by atoms with van der Waals surface area (Å²) in [6.45, 7) is 8.57. The van der Waals surface area contributed by atoms with Crippen LogP contribution in [0.2, 0.25) is 24.2 Å². The van der Waals surface area contributed by atoms with Crippen molar-refractivity contribution < 1.29 is 13.3 Å². The first kappa shape index (κ1) is 23.3. The zero-order valence-corrected chi connectivity index (χ0v) is 19.7. The molecule has 0 bridgehead atoms. The Balaban J connectivity index is 2.70. The van der Waals surface area contributed by atoms with Crippen LogP contribution in [0.4, 0.5) is 0 Å². The van der Waals surface area contributed by atoms with Crippen LogP contribution in [0.1, 0.15) is 65.7 Å². The van der Waals surface area contributed by atoms with Gasteiger partial charge in [0, 0.05) is 33.4 Å². The van der Waals surface area contributed by atoms with E-state index in [-0.39, 0.29) is 0 Å². The summed E-state index contributed by atoms with van der Waals surface area (Å²) in [5.74, 6) is 0. The summed E-state index contributed by atoms with van der Waals surface area (Å²) in [6.07, 6.45) is 9.49. The quantitative estimate of drug-likeness (QED) is 0.316. The first-order chi connectivity index (χ1) is 12.1. The molecule has 1 fully saturated rings. The minimum absolute atomic E-state index is 0.842. The summed E-state index contributed by atoms with van der Waals surface area (Å²) in [4.78, 5) is 0. The van der Waals surface area contributed by atoms with Crippen LogP contribution in [0.5, 0.6) is 0 Å². The average molecular weight is 390 g/mol. The molecule has 0 aromatic carbocycles. The highest BCUT2D eigenvalue weighted by molar-refractivity contribution is 6.77. The molecule has 0 unspecified atom stereocenters. The van der Waals surface area contributed by atoms with Crippen LogP contribution < -0.4 is 0 Å². The molecule has 1 saturated carbocycles. The fourth-order valence-electron chi connectivity index (χ4n) is 4.74. The molecular formula is C19H43NO3Si2. The van der Waals surface area contributed by atoms with Crippen LogP contribution in [0.3, 0.4) is 0 Å². The predicted octanol–water partition coefficient (Wildman–Crippen LogP) is 5.28. The van der Waals surface area contributed by atoms with Gasteiger partial charge in [-0.1, -0.05) is 40.0 Å². The molecule has 1 aliphatic carbocycles. The van der Waals surface area contributed by atoms with Crippen LogP contribution in [0.25, 0.3) is 0 Å². The van der Waals surface area contributed by atoms with Gasteiger partial charge in [-0.25, -0.2) is 0 Å². The predicted molar refractivity (Wildman–Crippen MR) is 112 cm³/mol. The molecule has 6 heteroatoms. The summed E-state index contributed by atoms with van der Waals surface area (Å²) >= 11 is 0. The molecule has 150 valence electrons. The maximum atomic E-state index is 5.58. The summed E-state index contributed by atoms with van der Waals surface area (Å²) in [5.41, 5.74) is 0. The molecule has 1 aliphatic rings. The van der Waals surface area contributed by atoms with E-state index in [2.05, 4.69) is 25.3 Å². The van der Waals surface area contributed by atoms with E-state index in [1.165, 1.54) is 63.2 Å². The van der Waals surface area contributed by atoms with Crippen molar-refractivity contribution in [3.05, 3.63) is 0 Å².